The molecule has 7 nitrogen and oxygen atoms in total. The summed E-state index contributed by atoms with van der Waals surface area (Å²) in [7, 11) is 3.41. The largest absolute Gasteiger partial charge is 0.465 e. The molecule has 2 aromatic rings. The lowest BCUT2D eigenvalue weighted by Gasteiger charge is -2.03. The number of hydrogen-bond acceptors (Lipinski definition) is 7. The van der Waals surface area contributed by atoms with Crippen LogP contribution >= 0.6 is 0 Å². The number of furan rings is 1. The zero-order chi connectivity index (χ0) is 17.0. The topological polar surface area (TPSA) is 92.0 Å². The number of benzene rings is 1. The van der Waals surface area contributed by atoms with Gasteiger partial charge < -0.3 is 18.6 Å². The molecule has 0 aliphatic carbocycles. The zero-order valence-corrected chi connectivity index (χ0v) is 12.7. The van der Waals surface area contributed by atoms with Crippen molar-refractivity contribution in [2.24, 2.45) is 0 Å². The van der Waals surface area contributed by atoms with Gasteiger partial charge in [0.1, 0.15) is 11.1 Å². The van der Waals surface area contributed by atoms with E-state index in [9.17, 15) is 14.4 Å². The summed E-state index contributed by atoms with van der Waals surface area (Å²) in [4.78, 5) is 36.1. The first-order valence-corrected chi connectivity index (χ1v) is 6.52. The van der Waals surface area contributed by atoms with Gasteiger partial charge in [0.05, 0.1) is 21.3 Å². The van der Waals surface area contributed by atoms with Crippen LogP contribution in [0.1, 0.15) is 31.3 Å². The number of ether oxygens (including phenoxy) is 3. The number of esters is 3. The highest BCUT2D eigenvalue weighted by Gasteiger charge is 2.35. The molecule has 7 heteroatoms. The van der Waals surface area contributed by atoms with Gasteiger partial charge in [-0.2, -0.15) is 0 Å². The van der Waals surface area contributed by atoms with Gasteiger partial charge in [0, 0.05) is 5.56 Å². The van der Waals surface area contributed by atoms with Crippen LogP contribution in [0, 0.1) is 0 Å². The second-order valence-electron chi connectivity index (χ2n) is 4.35. The number of hydrogen-bond donors (Lipinski definition) is 0. The highest BCUT2D eigenvalue weighted by atomic mass is 16.5. The fraction of sp³-hybridized carbons (Fsp3) is 0.188. The molecule has 0 radical (unpaired) electrons. The van der Waals surface area contributed by atoms with Crippen molar-refractivity contribution in [1.82, 2.24) is 0 Å². The maximum Gasteiger partial charge on any atom is 0.374 e. The van der Waals surface area contributed by atoms with Gasteiger partial charge in [0.15, 0.2) is 5.76 Å². The summed E-state index contributed by atoms with van der Waals surface area (Å²) in [6.07, 6.45) is 0. The lowest BCUT2D eigenvalue weighted by atomic mass is 10.0. The zero-order valence-electron chi connectivity index (χ0n) is 12.7. The molecule has 0 spiro atoms. The van der Waals surface area contributed by atoms with Crippen LogP contribution in [0.3, 0.4) is 0 Å². The van der Waals surface area contributed by atoms with Crippen LogP contribution in [-0.4, -0.2) is 39.2 Å². The van der Waals surface area contributed by atoms with Gasteiger partial charge in [0.2, 0.25) is 5.76 Å². The van der Waals surface area contributed by atoms with Crippen LogP contribution < -0.4 is 0 Å². The van der Waals surface area contributed by atoms with Crippen LogP contribution in [0.5, 0.6) is 0 Å². The Balaban J connectivity index is 2.81. The van der Waals surface area contributed by atoms with E-state index in [4.69, 9.17) is 9.15 Å². The molecule has 120 valence electrons. The lowest BCUT2D eigenvalue weighted by molar-refractivity contribution is 0.0523. The summed E-state index contributed by atoms with van der Waals surface area (Å²) in [6, 6.07) is 8.52. The Labute approximate surface area is 131 Å². The SMILES string of the molecule is COC(=O)c1oc(-c2ccccc2)c(C(=O)OC)c1C(=O)OC. The summed E-state index contributed by atoms with van der Waals surface area (Å²) in [5.41, 5.74) is -0.0239. The Bertz CT molecular complexity index is 743. The van der Waals surface area contributed by atoms with E-state index in [0.717, 1.165) is 21.3 Å². The van der Waals surface area contributed by atoms with E-state index in [2.05, 4.69) is 9.47 Å². The second kappa shape index (κ2) is 6.78. The molecule has 0 aliphatic heterocycles. The van der Waals surface area contributed by atoms with Crippen LogP contribution in [0.2, 0.25) is 0 Å². The van der Waals surface area contributed by atoms with Crippen molar-refractivity contribution in [3.8, 4) is 11.3 Å². The fourth-order valence-electron chi connectivity index (χ4n) is 2.05. The summed E-state index contributed by atoms with van der Waals surface area (Å²) >= 11 is 0. The van der Waals surface area contributed by atoms with Crippen LogP contribution in [0.25, 0.3) is 11.3 Å². The third-order valence-corrected chi connectivity index (χ3v) is 3.09. The maximum absolute atomic E-state index is 12.1. The fourth-order valence-corrected chi connectivity index (χ4v) is 2.05. The molecule has 0 bridgehead atoms. The van der Waals surface area contributed by atoms with Crippen molar-refractivity contribution in [2.75, 3.05) is 21.3 Å². The average molecular weight is 318 g/mol. The number of carbonyl (C=O) groups excluding carboxylic acids is 3. The summed E-state index contributed by atoms with van der Waals surface area (Å²) in [5.74, 6) is -3.03. The molecule has 1 aromatic carbocycles. The number of rotatable bonds is 4. The molecular weight excluding hydrogens is 304 g/mol. The van der Waals surface area contributed by atoms with E-state index >= 15 is 0 Å². The van der Waals surface area contributed by atoms with Crippen molar-refractivity contribution in [3.63, 3.8) is 0 Å². The van der Waals surface area contributed by atoms with E-state index in [0.29, 0.717) is 5.56 Å². The van der Waals surface area contributed by atoms with Gasteiger partial charge in [-0.3, -0.25) is 0 Å². The molecule has 0 saturated heterocycles. The van der Waals surface area contributed by atoms with E-state index < -0.39 is 23.7 Å². The molecule has 1 aromatic heterocycles. The number of methoxy groups -OCH3 is 3. The van der Waals surface area contributed by atoms with E-state index in [1.807, 2.05) is 0 Å². The Morgan fingerprint density at radius 3 is 1.83 bits per heavy atom. The average Bonchev–Trinajstić information content (AvgIpc) is 3.00. The maximum atomic E-state index is 12.1. The smallest absolute Gasteiger partial charge is 0.374 e. The summed E-state index contributed by atoms with van der Waals surface area (Å²) in [5, 5.41) is 0. The van der Waals surface area contributed by atoms with E-state index in [-0.39, 0.29) is 16.9 Å². The molecule has 2 rings (SSSR count). The van der Waals surface area contributed by atoms with Gasteiger partial charge >= 0.3 is 17.9 Å². The Hall–Kier alpha value is -3.09. The molecule has 1 heterocycles. The minimum Gasteiger partial charge on any atom is -0.465 e. The molecule has 0 saturated carbocycles. The first-order valence-electron chi connectivity index (χ1n) is 6.52. The summed E-state index contributed by atoms with van der Waals surface area (Å²) in [6.45, 7) is 0. The highest BCUT2D eigenvalue weighted by Crippen LogP contribution is 2.33. The van der Waals surface area contributed by atoms with Gasteiger partial charge in [0.25, 0.3) is 0 Å². The van der Waals surface area contributed by atoms with Crippen LogP contribution in [0.15, 0.2) is 34.7 Å². The molecule has 0 N–H and O–H groups in total. The Morgan fingerprint density at radius 2 is 1.30 bits per heavy atom. The first-order chi connectivity index (χ1) is 11.0. The van der Waals surface area contributed by atoms with Crippen LogP contribution in [0.4, 0.5) is 0 Å². The standard InChI is InChI=1S/C16H14O7/c1-20-14(17)10-11(15(18)21-2)13(16(19)22-3)23-12(10)9-7-5-4-6-8-9/h4-8H,1-3H3. The molecule has 0 aliphatic rings. The van der Waals surface area contributed by atoms with Crippen molar-refractivity contribution < 1.29 is 33.0 Å². The van der Waals surface area contributed by atoms with Crippen molar-refractivity contribution in [2.45, 2.75) is 0 Å². The highest BCUT2D eigenvalue weighted by molar-refractivity contribution is 6.12. The van der Waals surface area contributed by atoms with E-state index in [1.54, 1.807) is 30.3 Å². The van der Waals surface area contributed by atoms with Crippen molar-refractivity contribution in [1.29, 1.82) is 0 Å². The van der Waals surface area contributed by atoms with Crippen molar-refractivity contribution in [3.05, 3.63) is 47.2 Å². The van der Waals surface area contributed by atoms with Gasteiger partial charge in [-0.15, -0.1) is 0 Å². The van der Waals surface area contributed by atoms with Gasteiger partial charge in [-0.1, -0.05) is 30.3 Å². The Kier molecular flexibility index (Phi) is 4.80. The predicted octanol–water partition coefficient (Wildman–Crippen LogP) is 2.31. The third kappa shape index (κ3) is 2.94. The monoisotopic (exact) mass is 318 g/mol. The van der Waals surface area contributed by atoms with Gasteiger partial charge in [-0.25, -0.2) is 14.4 Å². The first kappa shape index (κ1) is 16.3. The third-order valence-electron chi connectivity index (χ3n) is 3.09. The van der Waals surface area contributed by atoms with Crippen molar-refractivity contribution >= 4 is 17.9 Å². The minimum absolute atomic E-state index is 0.0262. The lowest BCUT2D eigenvalue weighted by Crippen LogP contribution is -2.14. The van der Waals surface area contributed by atoms with Gasteiger partial charge in [-0.05, 0) is 0 Å². The quantitative estimate of drug-likeness (QED) is 0.631. The van der Waals surface area contributed by atoms with E-state index in [1.165, 1.54) is 0 Å². The second-order valence-corrected chi connectivity index (χ2v) is 4.35. The minimum atomic E-state index is -0.906. The predicted molar refractivity (Wildman–Crippen MR) is 78.2 cm³/mol. The normalized spacial score (nSPS) is 10.0. The molecule has 0 unspecified atom stereocenters. The van der Waals surface area contributed by atoms with Crippen LogP contribution in [-0.2, 0) is 14.2 Å². The molecule has 0 atom stereocenters. The molecule has 0 fully saturated rings. The Morgan fingerprint density at radius 1 is 0.783 bits per heavy atom. The number of carbonyl (C=O) groups is 3. The summed E-state index contributed by atoms with van der Waals surface area (Å²) < 4.78 is 19.4. The molecule has 23 heavy (non-hydrogen) atoms. The molecule has 0 amide bonds. The molecular formula is C16H14O7.